The van der Waals surface area contributed by atoms with Gasteiger partial charge in [0.1, 0.15) is 5.69 Å². The van der Waals surface area contributed by atoms with Gasteiger partial charge in [0.25, 0.3) is 0 Å². The zero-order valence-electron chi connectivity index (χ0n) is 14.9. The van der Waals surface area contributed by atoms with Gasteiger partial charge in [0.15, 0.2) is 0 Å². The lowest BCUT2D eigenvalue weighted by molar-refractivity contribution is 0.303. The summed E-state index contributed by atoms with van der Waals surface area (Å²) >= 11 is 0. The predicted octanol–water partition coefficient (Wildman–Crippen LogP) is 3.57. The average Bonchev–Trinajstić information content (AvgIpc) is 2.91. The lowest BCUT2D eigenvalue weighted by atomic mass is 9.95. The maximum Gasteiger partial charge on any atom is 0.100 e. The summed E-state index contributed by atoms with van der Waals surface area (Å²) in [6.07, 6.45) is 6.17. The fourth-order valence-electron chi connectivity index (χ4n) is 3.74. The van der Waals surface area contributed by atoms with Crippen LogP contribution in [0.5, 0.6) is 0 Å². The number of hydrogen-bond acceptors (Lipinski definition) is 3. The first kappa shape index (κ1) is 16.0. The summed E-state index contributed by atoms with van der Waals surface area (Å²) in [5, 5.41) is 4.75. The van der Waals surface area contributed by atoms with Gasteiger partial charge in [0, 0.05) is 55.8 Å². The minimum absolute atomic E-state index is 1.03. The van der Waals surface area contributed by atoms with Gasteiger partial charge in [0.2, 0.25) is 0 Å². The molecule has 0 N–H and O–H groups in total. The van der Waals surface area contributed by atoms with E-state index >= 15 is 0 Å². The molecule has 1 aliphatic rings. The van der Waals surface area contributed by atoms with Gasteiger partial charge >= 0.3 is 0 Å². The molecule has 25 heavy (non-hydrogen) atoms. The Bertz CT molecular complexity index is 867. The summed E-state index contributed by atoms with van der Waals surface area (Å²) in [5.74, 6) is 0. The maximum absolute atomic E-state index is 4.75. The van der Waals surface area contributed by atoms with Crippen LogP contribution in [-0.2, 0) is 19.9 Å². The van der Waals surface area contributed by atoms with Crippen molar-refractivity contribution < 1.29 is 0 Å². The van der Waals surface area contributed by atoms with Gasteiger partial charge < -0.3 is 4.90 Å². The van der Waals surface area contributed by atoms with Crippen LogP contribution in [0, 0.1) is 0 Å². The first-order valence-electron chi connectivity index (χ1n) is 9.05. The smallest absolute Gasteiger partial charge is 0.100 e. The van der Waals surface area contributed by atoms with Crippen molar-refractivity contribution in [1.82, 2.24) is 19.7 Å². The molecule has 0 bridgehead atoms. The fraction of sp³-hybridized carbons (Fsp3) is 0.333. The number of fused-ring (bicyclic) bond motifs is 1. The van der Waals surface area contributed by atoms with Crippen LogP contribution >= 0.6 is 0 Å². The van der Waals surface area contributed by atoms with Crippen LogP contribution in [-0.4, -0.2) is 39.3 Å². The van der Waals surface area contributed by atoms with E-state index in [1.807, 2.05) is 24.0 Å². The molecule has 0 radical (unpaired) electrons. The van der Waals surface area contributed by atoms with E-state index in [2.05, 4.69) is 53.3 Å². The second kappa shape index (κ2) is 6.81. The molecule has 2 aromatic heterocycles. The fourth-order valence-corrected chi connectivity index (χ4v) is 3.74. The lowest BCUT2D eigenvalue weighted by Crippen LogP contribution is -2.25. The molecule has 1 aliphatic heterocycles. The van der Waals surface area contributed by atoms with Crippen molar-refractivity contribution in [2.75, 3.05) is 19.6 Å². The highest BCUT2D eigenvalue weighted by atomic mass is 15.3. The highest BCUT2D eigenvalue weighted by Crippen LogP contribution is 2.34. The molecule has 1 aromatic carbocycles. The molecule has 3 aromatic rings. The van der Waals surface area contributed by atoms with E-state index in [1.165, 1.54) is 22.4 Å². The molecular weight excluding hydrogens is 308 g/mol. The molecule has 0 aliphatic carbocycles. The minimum atomic E-state index is 1.03. The van der Waals surface area contributed by atoms with Crippen LogP contribution in [0.3, 0.4) is 0 Å². The Kier molecular flexibility index (Phi) is 4.36. The summed E-state index contributed by atoms with van der Waals surface area (Å²) in [4.78, 5) is 7.20. The molecule has 0 amide bonds. The summed E-state index contributed by atoms with van der Waals surface area (Å²) < 4.78 is 1.92. The van der Waals surface area contributed by atoms with Gasteiger partial charge in [-0.3, -0.25) is 9.67 Å². The first-order valence-corrected chi connectivity index (χ1v) is 9.05. The average molecular weight is 332 g/mol. The topological polar surface area (TPSA) is 34.0 Å². The Morgan fingerprint density at radius 3 is 2.60 bits per heavy atom. The third-order valence-corrected chi connectivity index (χ3v) is 5.10. The Balaban J connectivity index is 1.83. The molecule has 0 saturated heterocycles. The molecule has 0 atom stereocenters. The number of pyridine rings is 1. The third kappa shape index (κ3) is 3.10. The van der Waals surface area contributed by atoms with E-state index in [1.54, 1.807) is 0 Å². The molecule has 4 rings (SSSR count). The van der Waals surface area contributed by atoms with Gasteiger partial charge in [-0.15, -0.1) is 0 Å². The molecule has 4 nitrogen and oxygen atoms in total. The number of benzene rings is 1. The molecule has 0 spiro atoms. The normalized spacial score (nSPS) is 15.0. The summed E-state index contributed by atoms with van der Waals surface area (Å²) in [6.45, 7) is 5.53. The number of hydrogen-bond donors (Lipinski definition) is 0. The van der Waals surface area contributed by atoms with Gasteiger partial charge in [0.05, 0.1) is 0 Å². The summed E-state index contributed by atoms with van der Waals surface area (Å²) in [6, 6.07) is 12.6. The molecule has 0 saturated carbocycles. The summed E-state index contributed by atoms with van der Waals surface area (Å²) in [5.41, 5.74) is 7.34. The molecule has 3 heterocycles. The number of likely N-dealkylation sites (N-methyl/N-ethyl adjacent to an activating group) is 1. The Morgan fingerprint density at radius 1 is 1.00 bits per heavy atom. The molecule has 0 unspecified atom stereocenters. The van der Waals surface area contributed by atoms with Crippen LogP contribution in [0.2, 0.25) is 0 Å². The van der Waals surface area contributed by atoms with E-state index in [0.29, 0.717) is 0 Å². The zero-order chi connectivity index (χ0) is 17.2. The maximum atomic E-state index is 4.75. The Labute approximate surface area is 149 Å². The molecule has 4 heteroatoms. The third-order valence-electron chi connectivity index (χ3n) is 5.10. The first-order chi connectivity index (χ1) is 12.3. The standard InChI is InChI=1S/C21H24N4/c1-3-25-13-10-18-17(9-12-22-20(18)11-14-25)19-15-24(2)23-21(19)16-7-5-4-6-8-16/h4-9,12,15H,3,10-11,13-14H2,1-2H3. The van der Waals surface area contributed by atoms with E-state index in [4.69, 9.17) is 5.10 Å². The van der Waals surface area contributed by atoms with Gasteiger partial charge in [-0.05, 0) is 30.2 Å². The quantitative estimate of drug-likeness (QED) is 0.735. The van der Waals surface area contributed by atoms with Gasteiger partial charge in [-0.25, -0.2) is 0 Å². The predicted molar refractivity (Wildman–Crippen MR) is 101 cm³/mol. The Morgan fingerprint density at radius 2 is 1.80 bits per heavy atom. The van der Waals surface area contributed by atoms with Crippen molar-refractivity contribution in [3.63, 3.8) is 0 Å². The van der Waals surface area contributed by atoms with Crippen molar-refractivity contribution in [1.29, 1.82) is 0 Å². The van der Waals surface area contributed by atoms with E-state index in [9.17, 15) is 0 Å². The van der Waals surface area contributed by atoms with Crippen LogP contribution in [0.1, 0.15) is 18.2 Å². The highest BCUT2D eigenvalue weighted by molar-refractivity contribution is 5.82. The number of nitrogens with zero attached hydrogens (tertiary/aromatic N) is 4. The molecular formula is C21H24N4. The second-order valence-corrected chi connectivity index (χ2v) is 6.65. The minimum Gasteiger partial charge on any atom is -0.303 e. The van der Waals surface area contributed by atoms with Crippen LogP contribution < -0.4 is 0 Å². The molecule has 0 fully saturated rings. The van der Waals surface area contributed by atoms with Crippen LogP contribution in [0.15, 0.2) is 48.8 Å². The molecule has 128 valence electrons. The van der Waals surface area contributed by atoms with Gasteiger partial charge in [-0.1, -0.05) is 37.3 Å². The number of aromatic nitrogens is 3. The zero-order valence-corrected chi connectivity index (χ0v) is 14.9. The highest BCUT2D eigenvalue weighted by Gasteiger charge is 2.20. The van der Waals surface area contributed by atoms with Crippen LogP contribution in [0.4, 0.5) is 0 Å². The number of aryl methyl sites for hydroxylation is 1. The SMILES string of the molecule is CCN1CCc2nccc(-c3cn(C)nc3-c3ccccc3)c2CC1. The Hall–Kier alpha value is -2.46. The van der Waals surface area contributed by atoms with E-state index < -0.39 is 0 Å². The summed E-state index contributed by atoms with van der Waals surface area (Å²) in [7, 11) is 1.99. The van der Waals surface area contributed by atoms with Crippen molar-refractivity contribution in [3.05, 3.63) is 60.0 Å². The largest absolute Gasteiger partial charge is 0.303 e. The second-order valence-electron chi connectivity index (χ2n) is 6.65. The van der Waals surface area contributed by atoms with Crippen molar-refractivity contribution >= 4 is 0 Å². The van der Waals surface area contributed by atoms with E-state index in [0.717, 1.165) is 43.7 Å². The monoisotopic (exact) mass is 332 g/mol. The lowest BCUT2D eigenvalue weighted by Gasteiger charge is -2.16. The van der Waals surface area contributed by atoms with E-state index in [-0.39, 0.29) is 0 Å². The van der Waals surface area contributed by atoms with Crippen molar-refractivity contribution in [2.45, 2.75) is 19.8 Å². The van der Waals surface area contributed by atoms with Gasteiger partial charge in [-0.2, -0.15) is 5.10 Å². The van der Waals surface area contributed by atoms with Crippen molar-refractivity contribution in [3.8, 4) is 22.4 Å². The number of rotatable bonds is 3. The van der Waals surface area contributed by atoms with Crippen molar-refractivity contribution in [2.24, 2.45) is 7.05 Å². The van der Waals surface area contributed by atoms with Crippen LogP contribution in [0.25, 0.3) is 22.4 Å².